The highest BCUT2D eigenvalue weighted by Crippen LogP contribution is 2.16. The van der Waals surface area contributed by atoms with Gasteiger partial charge >= 0.3 is 0 Å². The zero-order valence-electron chi connectivity index (χ0n) is 10.4. The van der Waals surface area contributed by atoms with Gasteiger partial charge in [-0.1, -0.05) is 36.9 Å². The Morgan fingerprint density at radius 3 is 2.39 bits per heavy atom. The van der Waals surface area contributed by atoms with E-state index < -0.39 is 0 Å². The quantitative estimate of drug-likeness (QED) is 0.838. The molecular formula is C16H16FN. The average Bonchev–Trinajstić information content (AvgIpc) is 2.34. The monoisotopic (exact) mass is 241 g/mol. The highest BCUT2D eigenvalue weighted by atomic mass is 19.1. The lowest BCUT2D eigenvalue weighted by molar-refractivity contribution is 0.614. The van der Waals surface area contributed by atoms with Crippen molar-refractivity contribution in [2.24, 2.45) is 0 Å². The van der Waals surface area contributed by atoms with Crippen molar-refractivity contribution >= 4 is 5.69 Å². The highest BCUT2D eigenvalue weighted by Gasteiger charge is 2.02. The normalized spacial score (nSPS) is 10.1. The van der Waals surface area contributed by atoms with Gasteiger partial charge in [-0.25, -0.2) is 4.39 Å². The molecule has 0 aliphatic carbocycles. The van der Waals surface area contributed by atoms with Crippen LogP contribution in [0.3, 0.4) is 0 Å². The minimum atomic E-state index is -0.151. The van der Waals surface area contributed by atoms with Crippen LogP contribution in [-0.2, 0) is 6.42 Å². The van der Waals surface area contributed by atoms with Crippen molar-refractivity contribution < 1.29 is 4.39 Å². The molecule has 1 nitrogen and oxygen atoms in total. The van der Waals surface area contributed by atoms with Crippen LogP contribution in [-0.4, -0.2) is 0 Å². The number of anilines is 1. The van der Waals surface area contributed by atoms with Crippen molar-refractivity contribution in [1.29, 1.82) is 0 Å². The lowest BCUT2D eigenvalue weighted by Crippen LogP contribution is -1.95. The third-order valence-electron chi connectivity index (χ3n) is 2.66. The van der Waals surface area contributed by atoms with Crippen LogP contribution in [0.1, 0.15) is 18.1 Å². The summed E-state index contributed by atoms with van der Waals surface area (Å²) in [5, 5.41) is 3.14. The molecular weight excluding hydrogens is 225 g/mol. The van der Waals surface area contributed by atoms with Crippen LogP contribution >= 0.6 is 0 Å². The van der Waals surface area contributed by atoms with Crippen molar-refractivity contribution in [2.75, 3.05) is 5.32 Å². The fraction of sp³-hybridized carbons (Fsp3) is 0.125. The number of halogens is 1. The second kappa shape index (κ2) is 5.50. The summed E-state index contributed by atoms with van der Waals surface area (Å²) >= 11 is 0. The van der Waals surface area contributed by atoms with E-state index in [2.05, 4.69) is 11.9 Å². The van der Waals surface area contributed by atoms with Gasteiger partial charge in [-0.2, -0.15) is 0 Å². The van der Waals surface area contributed by atoms with Gasteiger partial charge < -0.3 is 5.32 Å². The van der Waals surface area contributed by atoms with Gasteiger partial charge in [-0.05, 0) is 36.2 Å². The van der Waals surface area contributed by atoms with E-state index in [1.165, 1.54) is 6.07 Å². The van der Waals surface area contributed by atoms with Gasteiger partial charge in [-0.3, -0.25) is 0 Å². The Balaban J connectivity index is 2.11. The number of allylic oxidation sites excluding steroid dienone is 1. The van der Waals surface area contributed by atoms with E-state index in [9.17, 15) is 4.39 Å². The van der Waals surface area contributed by atoms with Gasteiger partial charge in [0.15, 0.2) is 0 Å². The van der Waals surface area contributed by atoms with Gasteiger partial charge in [-0.15, -0.1) is 0 Å². The van der Waals surface area contributed by atoms with Crippen LogP contribution in [0.25, 0.3) is 0 Å². The molecule has 18 heavy (non-hydrogen) atoms. The van der Waals surface area contributed by atoms with Crippen molar-refractivity contribution in [3.05, 3.63) is 77.8 Å². The first-order valence-electron chi connectivity index (χ1n) is 5.90. The molecule has 0 fully saturated rings. The molecule has 0 saturated heterocycles. The molecule has 0 unspecified atom stereocenters. The molecule has 0 spiro atoms. The molecule has 92 valence electrons. The van der Waals surface area contributed by atoms with E-state index in [4.69, 9.17) is 0 Å². The molecule has 0 aliphatic rings. The summed E-state index contributed by atoms with van der Waals surface area (Å²) in [6.45, 7) is 5.70. The van der Waals surface area contributed by atoms with E-state index >= 15 is 0 Å². The van der Waals surface area contributed by atoms with Crippen molar-refractivity contribution in [2.45, 2.75) is 13.3 Å². The van der Waals surface area contributed by atoms with Crippen LogP contribution in [0.2, 0.25) is 0 Å². The number of hydrogen-bond acceptors (Lipinski definition) is 1. The molecule has 0 atom stereocenters. The Morgan fingerprint density at radius 2 is 1.78 bits per heavy atom. The molecule has 1 N–H and O–H groups in total. The summed E-state index contributed by atoms with van der Waals surface area (Å²) < 4.78 is 13.5. The van der Waals surface area contributed by atoms with Crippen LogP contribution in [0.15, 0.2) is 60.8 Å². The summed E-state index contributed by atoms with van der Waals surface area (Å²) in [5.74, 6) is -0.151. The highest BCUT2D eigenvalue weighted by molar-refractivity contribution is 5.48. The lowest BCUT2D eigenvalue weighted by Gasteiger charge is -2.07. The molecule has 0 amide bonds. The standard InChI is InChI=1S/C16H16FN/c1-12(2)18-15-9-7-13(8-10-15)11-14-5-3-4-6-16(14)17/h3-10,18H,1,11H2,2H3. The van der Waals surface area contributed by atoms with Crippen LogP contribution in [0.4, 0.5) is 10.1 Å². The first-order valence-corrected chi connectivity index (χ1v) is 5.90. The number of nitrogens with one attached hydrogen (secondary N) is 1. The predicted molar refractivity (Wildman–Crippen MR) is 74.1 cm³/mol. The third kappa shape index (κ3) is 3.20. The fourth-order valence-corrected chi connectivity index (χ4v) is 1.81. The topological polar surface area (TPSA) is 12.0 Å². The first-order chi connectivity index (χ1) is 8.65. The molecule has 0 heterocycles. The molecule has 2 rings (SSSR count). The third-order valence-corrected chi connectivity index (χ3v) is 2.66. The lowest BCUT2D eigenvalue weighted by atomic mass is 10.0. The Bertz CT molecular complexity index is 543. The summed E-state index contributed by atoms with van der Waals surface area (Å²) in [7, 11) is 0. The van der Waals surface area contributed by atoms with Gasteiger partial charge in [0.25, 0.3) is 0 Å². The molecule has 0 saturated carbocycles. The maximum Gasteiger partial charge on any atom is 0.126 e. The average molecular weight is 241 g/mol. The van der Waals surface area contributed by atoms with Crippen LogP contribution < -0.4 is 5.32 Å². The van der Waals surface area contributed by atoms with Crippen LogP contribution in [0.5, 0.6) is 0 Å². The summed E-state index contributed by atoms with van der Waals surface area (Å²) in [5.41, 5.74) is 3.71. The first kappa shape index (κ1) is 12.4. The van der Waals surface area contributed by atoms with E-state index in [1.54, 1.807) is 6.07 Å². The predicted octanol–water partition coefficient (Wildman–Crippen LogP) is 4.36. The molecule has 2 aromatic carbocycles. The van der Waals surface area contributed by atoms with Crippen molar-refractivity contribution in [1.82, 2.24) is 0 Å². The number of rotatable bonds is 4. The van der Waals surface area contributed by atoms with Gasteiger partial charge in [0.2, 0.25) is 0 Å². The summed E-state index contributed by atoms with van der Waals surface area (Å²) in [4.78, 5) is 0. The van der Waals surface area contributed by atoms with E-state index in [0.29, 0.717) is 6.42 Å². The Morgan fingerprint density at radius 1 is 1.11 bits per heavy atom. The fourth-order valence-electron chi connectivity index (χ4n) is 1.81. The van der Waals surface area contributed by atoms with Gasteiger partial charge in [0, 0.05) is 17.8 Å². The van der Waals surface area contributed by atoms with Crippen molar-refractivity contribution in [3.63, 3.8) is 0 Å². The van der Waals surface area contributed by atoms with E-state index in [-0.39, 0.29) is 5.82 Å². The maximum absolute atomic E-state index is 13.5. The molecule has 0 aromatic heterocycles. The summed E-state index contributed by atoms with van der Waals surface area (Å²) in [6.07, 6.45) is 0.611. The molecule has 0 radical (unpaired) electrons. The maximum atomic E-state index is 13.5. The minimum Gasteiger partial charge on any atom is -0.360 e. The summed E-state index contributed by atoms with van der Waals surface area (Å²) in [6, 6.07) is 14.8. The molecule has 2 aromatic rings. The molecule has 0 bridgehead atoms. The number of hydrogen-bond donors (Lipinski definition) is 1. The Labute approximate surface area is 107 Å². The smallest absolute Gasteiger partial charge is 0.126 e. The number of benzene rings is 2. The Hall–Kier alpha value is -2.09. The molecule has 0 aliphatic heterocycles. The zero-order chi connectivity index (χ0) is 13.0. The van der Waals surface area contributed by atoms with Crippen molar-refractivity contribution in [3.8, 4) is 0 Å². The zero-order valence-corrected chi connectivity index (χ0v) is 10.4. The van der Waals surface area contributed by atoms with Gasteiger partial charge in [0.1, 0.15) is 5.82 Å². The van der Waals surface area contributed by atoms with E-state index in [0.717, 1.165) is 22.5 Å². The second-order valence-corrected chi connectivity index (χ2v) is 4.37. The SMILES string of the molecule is C=C(C)Nc1ccc(Cc2ccccc2F)cc1. The molecule has 2 heteroatoms. The second-order valence-electron chi connectivity index (χ2n) is 4.37. The van der Waals surface area contributed by atoms with Crippen LogP contribution in [0, 0.1) is 5.82 Å². The Kier molecular flexibility index (Phi) is 3.78. The van der Waals surface area contributed by atoms with E-state index in [1.807, 2.05) is 43.3 Å². The minimum absolute atomic E-state index is 0.151. The van der Waals surface area contributed by atoms with Gasteiger partial charge in [0.05, 0.1) is 0 Å². The largest absolute Gasteiger partial charge is 0.360 e.